The third-order valence-electron chi connectivity index (χ3n) is 2.24. The molecule has 1 aromatic carbocycles. The number of hydrogen-bond donors (Lipinski definition) is 2. The van der Waals surface area contributed by atoms with Crippen LogP contribution in [0.1, 0.15) is 0 Å². The number of aromatic hydroxyl groups is 1. The molecule has 2 aromatic rings. The first-order valence-electron chi connectivity index (χ1n) is 4.75. The van der Waals surface area contributed by atoms with E-state index in [1.165, 1.54) is 12.1 Å². The van der Waals surface area contributed by atoms with Crippen LogP contribution in [0.5, 0.6) is 5.75 Å². The summed E-state index contributed by atoms with van der Waals surface area (Å²) in [5.74, 6) is -1.74. The molecule has 6 nitrogen and oxygen atoms in total. The van der Waals surface area contributed by atoms with Crippen molar-refractivity contribution in [3.63, 3.8) is 0 Å². The number of halogens is 1. The third kappa shape index (κ3) is 2.02. The van der Waals surface area contributed by atoms with Gasteiger partial charge in [-0.1, -0.05) is 5.16 Å². The van der Waals surface area contributed by atoms with Crippen molar-refractivity contribution in [3.05, 3.63) is 24.0 Å². The summed E-state index contributed by atoms with van der Waals surface area (Å²) >= 11 is 0. The van der Waals surface area contributed by atoms with Gasteiger partial charge in [-0.05, 0) is 12.1 Å². The Morgan fingerprint density at radius 3 is 2.61 bits per heavy atom. The zero-order chi connectivity index (χ0) is 13.5. The van der Waals surface area contributed by atoms with Crippen LogP contribution in [-0.2, 0) is 9.84 Å². The molecule has 0 radical (unpaired) electrons. The minimum atomic E-state index is -3.91. The molecular weight excluding hydrogens is 263 g/mol. The number of nitrogen functional groups attached to an aromatic ring is 1. The fraction of sp³-hybridized carbons (Fsp3) is 0.100. The number of phenols is 1. The number of sulfone groups is 1. The fourth-order valence-corrected chi connectivity index (χ4v) is 2.39. The average molecular weight is 272 g/mol. The molecule has 96 valence electrons. The maximum Gasteiger partial charge on any atom is 0.182 e. The molecule has 0 spiro atoms. The van der Waals surface area contributed by atoms with Gasteiger partial charge in [0.25, 0.3) is 0 Å². The van der Waals surface area contributed by atoms with Crippen LogP contribution in [0.3, 0.4) is 0 Å². The molecule has 0 atom stereocenters. The first-order valence-corrected chi connectivity index (χ1v) is 6.64. The van der Waals surface area contributed by atoms with E-state index in [0.29, 0.717) is 0 Å². The molecular formula is C10H9FN2O4S. The smallest absolute Gasteiger partial charge is 0.182 e. The lowest BCUT2D eigenvalue weighted by atomic mass is 10.1. The summed E-state index contributed by atoms with van der Waals surface area (Å²) in [6, 6.07) is 3.49. The highest BCUT2D eigenvalue weighted by Crippen LogP contribution is 2.33. The van der Waals surface area contributed by atoms with Gasteiger partial charge in [-0.3, -0.25) is 0 Å². The van der Waals surface area contributed by atoms with E-state index in [2.05, 4.69) is 5.16 Å². The SMILES string of the molecule is CS(=O)(=O)c1c(O)ccc(-c2cc(N)no2)c1F. The summed E-state index contributed by atoms with van der Waals surface area (Å²) in [6.45, 7) is 0. The molecule has 0 aliphatic rings. The van der Waals surface area contributed by atoms with Gasteiger partial charge in [0, 0.05) is 12.3 Å². The first-order chi connectivity index (χ1) is 8.30. The summed E-state index contributed by atoms with van der Waals surface area (Å²) < 4.78 is 41.6. The van der Waals surface area contributed by atoms with Gasteiger partial charge in [-0.25, -0.2) is 12.8 Å². The third-order valence-corrected chi connectivity index (χ3v) is 3.37. The van der Waals surface area contributed by atoms with E-state index >= 15 is 0 Å². The van der Waals surface area contributed by atoms with Crippen LogP contribution < -0.4 is 5.73 Å². The number of benzene rings is 1. The maximum atomic E-state index is 14.1. The first kappa shape index (κ1) is 12.4. The van der Waals surface area contributed by atoms with Gasteiger partial charge in [0.1, 0.15) is 10.6 Å². The van der Waals surface area contributed by atoms with Crippen molar-refractivity contribution in [2.24, 2.45) is 0 Å². The van der Waals surface area contributed by atoms with E-state index in [1.54, 1.807) is 0 Å². The molecule has 18 heavy (non-hydrogen) atoms. The highest BCUT2D eigenvalue weighted by molar-refractivity contribution is 7.90. The number of anilines is 1. The maximum absolute atomic E-state index is 14.1. The Labute approximate surface area is 102 Å². The fourth-order valence-electron chi connectivity index (χ4n) is 1.50. The van der Waals surface area contributed by atoms with Gasteiger partial charge in [0.15, 0.2) is 27.2 Å². The van der Waals surface area contributed by atoms with Gasteiger partial charge in [-0.2, -0.15) is 0 Å². The van der Waals surface area contributed by atoms with Gasteiger partial charge in [0.2, 0.25) is 0 Å². The van der Waals surface area contributed by atoms with Crippen molar-refractivity contribution >= 4 is 15.7 Å². The molecule has 0 saturated carbocycles. The van der Waals surface area contributed by atoms with Crippen LogP contribution in [0.15, 0.2) is 27.6 Å². The van der Waals surface area contributed by atoms with E-state index in [1.807, 2.05) is 0 Å². The molecule has 3 N–H and O–H groups in total. The van der Waals surface area contributed by atoms with Crippen molar-refractivity contribution in [2.75, 3.05) is 12.0 Å². The molecule has 1 heterocycles. The van der Waals surface area contributed by atoms with Crippen molar-refractivity contribution in [2.45, 2.75) is 4.90 Å². The van der Waals surface area contributed by atoms with Crippen LogP contribution in [0, 0.1) is 5.82 Å². The largest absolute Gasteiger partial charge is 0.506 e. The average Bonchev–Trinajstić information content (AvgIpc) is 2.62. The zero-order valence-electron chi connectivity index (χ0n) is 9.21. The Morgan fingerprint density at radius 1 is 1.44 bits per heavy atom. The minimum absolute atomic E-state index is 0.0186. The molecule has 2 rings (SSSR count). The highest BCUT2D eigenvalue weighted by Gasteiger charge is 2.24. The summed E-state index contributed by atoms with van der Waals surface area (Å²) in [5.41, 5.74) is 5.18. The summed E-state index contributed by atoms with van der Waals surface area (Å²) in [5, 5.41) is 12.8. The molecule has 0 bridgehead atoms. The Kier molecular flexibility index (Phi) is 2.74. The van der Waals surface area contributed by atoms with E-state index in [4.69, 9.17) is 10.3 Å². The number of nitrogens with two attached hydrogens (primary N) is 1. The van der Waals surface area contributed by atoms with Crippen LogP contribution in [-0.4, -0.2) is 24.9 Å². The van der Waals surface area contributed by atoms with Crippen molar-refractivity contribution < 1.29 is 22.4 Å². The summed E-state index contributed by atoms with van der Waals surface area (Å²) in [4.78, 5) is -0.782. The van der Waals surface area contributed by atoms with E-state index in [-0.39, 0.29) is 17.1 Å². The van der Waals surface area contributed by atoms with Gasteiger partial charge in [0.05, 0.1) is 5.56 Å². The lowest BCUT2D eigenvalue weighted by Gasteiger charge is -2.06. The van der Waals surface area contributed by atoms with Gasteiger partial charge < -0.3 is 15.4 Å². The zero-order valence-corrected chi connectivity index (χ0v) is 10.0. The van der Waals surface area contributed by atoms with E-state index in [9.17, 15) is 17.9 Å². The minimum Gasteiger partial charge on any atom is -0.506 e. The second kappa shape index (κ2) is 3.98. The molecule has 0 aliphatic heterocycles. The van der Waals surface area contributed by atoms with Crippen LogP contribution in [0.4, 0.5) is 10.2 Å². The van der Waals surface area contributed by atoms with E-state index < -0.39 is 26.3 Å². The molecule has 0 saturated heterocycles. The van der Waals surface area contributed by atoms with E-state index in [0.717, 1.165) is 12.3 Å². The molecule has 0 fully saturated rings. The monoisotopic (exact) mass is 272 g/mol. The number of nitrogens with zero attached hydrogens (tertiary/aromatic N) is 1. The van der Waals surface area contributed by atoms with Crippen molar-refractivity contribution in [3.8, 4) is 17.1 Å². The lowest BCUT2D eigenvalue weighted by molar-refractivity contribution is 0.428. The number of rotatable bonds is 2. The Morgan fingerprint density at radius 2 is 2.11 bits per heavy atom. The number of phenolic OH excluding ortho intramolecular Hbond substituents is 1. The quantitative estimate of drug-likeness (QED) is 0.850. The Bertz CT molecular complexity index is 709. The van der Waals surface area contributed by atoms with Crippen molar-refractivity contribution in [1.82, 2.24) is 5.16 Å². The molecule has 1 aromatic heterocycles. The van der Waals surface area contributed by atoms with Crippen LogP contribution >= 0.6 is 0 Å². The number of hydrogen-bond acceptors (Lipinski definition) is 6. The van der Waals surface area contributed by atoms with Crippen LogP contribution in [0.25, 0.3) is 11.3 Å². The second-order valence-electron chi connectivity index (χ2n) is 3.66. The number of aromatic nitrogens is 1. The summed E-state index contributed by atoms with van der Waals surface area (Å²) in [6.07, 6.45) is 0.795. The Hall–Kier alpha value is -2.09. The predicted octanol–water partition coefficient (Wildman–Crippen LogP) is 1.17. The topological polar surface area (TPSA) is 106 Å². The van der Waals surface area contributed by atoms with Gasteiger partial charge >= 0.3 is 0 Å². The second-order valence-corrected chi connectivity index (χ2v) is 5.62. The standard InChI is InChI=1S/C10H9FN2O4S/c1-18(15,16)10-6(14)3-2-5(9(10)11)7-4-8(12)13-17-7/h2-4,14H,1H3,(H2,12,13). The predicted molar refractivity (Wildman–Crippen MR) is 61.1 cm³/mol. The normalized spacial score (nSPS) is 11.7. The highest BCUT2D eigenvalue weighted by atomic mass is 32.2. The summed E-state index contributed by atoms with van der Waals surface area (Å²) in [7, 11) is -3.91. The molecule has 0 amide bonds. The Balaban J connectivity index is 2.73. The molecule has 0 aliphatic carbocycles. The van der Waals surface area contributed by atoms with Crippen LogP contribution in [0.2, 0.25) is 0 Å². The van der Waals surface area contributed by atoms with Crippen molar-refractivity contribution in [1.29, 1.82) is 0 Å². The lowest BCUT2D eigenvalue weighted by Crippen LogP contribution is -2.02. The molecule has 0 unspecified atom stereocenters. The molecule has 8 heteroatoms. The van der Waals surface area contributed by atoms with Gasteiger partial charge in [-0.15, -0.1) is 0 Å².